The molecule has 0 unspecified atom stereocenters. The quantitative estimate of drug-likeness (QED) is 0.740. The highest BCUT2D eigenvalue weighted by molar-refractivity contribution is 5.78. The summed E-state index contributed by atoms with van der Waals surface area (Å²) in [4.78, 5) is 0. The third-order valence-electron chi connectivity index (χ3n) is 2.94. The van der Waals surface area contributed by atoms with Gasteiger partial charge in [-0.25, -0.2) is 0 Å². The van der Waals surface area contributed by atoms with Crippen LogP contribution in [0.25, 0.3) is 10.9 Å². The molecule has 72 valence electrons. The smallest absolute Gasteiger partial charge is 0.0685 e. The minimum atomic E-state index is -0.122. The summed E-state index contributed by atoms with van der Waals surface area (Å²) in [6.07, 6.45) is 3.44. The number of benzene rings is 1. The third-order valence-corrected chi connectivity index (χ3v) is 2.94. The van der Waals surface area contributed by atoms with Crippen molar-refractivity contribution in [3.63, 3.8) is 0 Å². The van der Waals surface area contributed by atoms with Crippen molar-refractivity contribution >= 4 is 10.9 Å². The second-order valence-corrected chi connectivity index (χ2v) is 3.93. The molecule has 1 heterocycles. The molecule has 2 aromatic rings. The molecule has 0 bridgehead atoms. The maximum absolute atomic E-state index is 9.25. The molecule has 14 heavy (non-hydrogen) atoms. The molecule has 1 fully saturated rings. The Hall–Kier alpha value is -1.35. The predicted molar refractivity (Wildman–Crippen MR) is 54.0 cm³/mol. The van der Waals surface area contributed by atoms with E-state index in [4.69, 9.17) is 0 Å². The highest BCUT2D eigenvalue weighted by atomic mass is 16.3. The van der Waals surface area contributed by atoms with Gasteiger partial charge in [0.25, 0.3) is 0 Å². The van der Waals surface area contributed by atoms with E-state index in [1.165, 1.54) is 10.9 Å². The van der Waals surface area contributed by atoms with Gasteiger partial charge in [0.15, 0.2) is 0 Å². The molecule has 0 radical (unpaired) electrons. The molecular weight excluding hydrogens is 176 g/mol. The second-order valence-electron chi connectivity index (χ2n) is 3.93. The summed E-state index contributed by atoms with van der Waals surface area (Å²) in [5, 5.41) is 14.8. The molecule has 1 aromatic heterocycles. The number of hydrogen-bond donors (Lipinski definition) is 1. The van der Waals surface area contributed by atoms with Crippen molar-refractivity contribution in [2.45, 2.75) is 25.0 Å². The molecule has 1 aliphatic carbocycles. The number of nitrogens with zero attached hydrogens (tertiary/aromatic N) is 2. The number of aromatic nitrogens is 2. The van der Waals surface area contributed by atoms with Crippen molar-refractivity contribution in [2.24, 2.45) is 0 Å². The molecule has 0 aliphatic heterocycles. The van der Waals surface area contributed by atoms with E-state index in [1.54, 1.807) is 0 Å². The van der Waals surface area contributed by atoms with E-state index in [1.807, 2.05) is 23.0 Å². The fourth-order valence-electron chi connectivity index (χ4n) is 2.04. The monoisotopic (exact) mass is 188 g/mol. The van der Waals surface area contributed by atoms with Crippen molar-refractivity contribution in [3.05, 3.63) is 30.5 Å². The van der Waals surface area contributed by atoms with E-state index in [0.29, 0.717) is 6.04 Å². The van der Waals surface area contributed by atoms with Gasteiger partial charge in [0.1, 0.15) is 0 Å². The topological polar surface area (TPSA) is 38.0 Å². The van der Waals surface area contributed by atoms with Gasteiger partial charge in [0.05, 0.1) is 23.9 Å². The molecule has 3 nitrogen and oxygen atoms in total. The summed E-state index contributed by atoms with van der Waals surface area (Å²) in [6, 6.07) is 8.57. The Balaban J connectivity index is 2.05. The van der Waals surface area contributed by atoms with Crippen molar-refractivity contribution in [1.82, 2.24) is 9.78 Å². The lowest BCUT2D eigenvalue weighted by Gasteiger charge is -2.31. The number of rotatable bonds is 1. The minimum absolute atomic E-state index is 0.122. The third kappa shape index (κ3) is 1.06. The number of para-hydroxylation sites is 1. The largest absolute Gasteiger partial charge is 0.393 e. The summed E-state index contributed by atoms with van der Waals surface area (Å²) >= 11 is 0. The van der Waals surface area contributed by atoms with Crippen LogP contribution in [-0.2, 0) is 0 Å². The first-order chi connectivity index (χ1) is 6.84. The summed E-state index contributed by atoms with van der Waals surface area (Å²) in [7, 11) is 0. The molecule has 1 saturated carbocycles. The van der Waals surface area contributed by atoms with Crippen LogP contribution < -0.4 is 0 Å². The van der Waals surface area contributed by atoms with Crippen LogP contribution in [0.2, 0.25) is 0 Å². The number of aliphatic hydroxyl groups is 1. The first-order valence-electron chi connectivity index (χ1n) is 4.95. The van der Waals surface area contributed by atoms with Crippen LogP contribution >= 0.6 is 0 Å². The van der Waals surface area contributed by atoms with Crippen LogP contribution in [0, 0.1) is 0 Å². The molecule has 1 N–H and O–H groups in total. The van der Waals surface area contributed by atoms with E-state index < -0.39 is 0 Å². The van der Waals surface area contributed by atoms with Crippen LogP contribution in [0.4, 0.5) is 0 Å². The molecule has 1 aliphatic rings. The first-order valence-corrected chi connectivity index (χ1v) is 4.95. The summed E-state index contributed by atoms with van der Waals surface area (Å²) in [6.45, 7) is 0. The molecule has 0 spiro atoms. The maximum atomic E-state index is 9.25. The lowest BCUT2D eigenvalue weighted by molar-refractivity contribution is 0.0453. The van der Waals surface area contributed by atoms with E-state index in [9.17, 15) is 5.11 Å². The average molecular weight is 188 g/mol. The first kappa shape index (κ1) is 8.00. The molecule has 0 amide bonds. The zero-order chi connectivity index (χ0) is 9.54. The standard InChI is InChI=1S/C11H12N2O/c14-10-5-9(6-10)13-11-4-2-1-3-8(11)7-12-13/h1-4,7,9-10,14H,5-6H2. The number of aliphatic hydroxyl groups excluding tert-OH is 1. The second kappa shape index (κ2) is 2.82. The highest BCUT2D eigenvalue weighted by Gasteiger charge is 2.29. The van der Waals surface area contributed by atoms with E-state index in [-0.39, 0.29) is 6.10 Å². The SMILES string of the molecule is OC1CC(n2ncc3ccccc32)C1. The highest BCUT2D eigenvalue weighted by Crippen LogP contribution is 2.33. The molecule has 0 atom stereocenters. The summed E-state index contributed by atoms with van der Waals surface area (Å²) < 4.78 is 2.03. The summed E-state index contributed by atoms with van der Waals surface area (Å²) in [5.41, 5.74) is 1.17. The van der Waals surface area contributed by atoms with Crippen LogP contribution in [0.15, 0.2) is 30.5 Å². The molecule has 3 rings (SSSR count). The van der Waals surface area contributed by atoms with Gasteiger partial charge in [-0.15, -0.1) is 0 Å². The average Bonchev–Trinajstić information content (AvgIpc) is 2.56. The summed E-state index contributed by atoms with van der Waals surface area (Å²) in [5.74, 6) is 0. The van der Waals surface area contributed by atoms with Crippen LogP contribution in [-0.4, -0.2) is 21.0 Å². The maximum Gasteiger partial charge on any atom is 0.0685 e. The van der Waals surface area contributed by atoms with Crippen molar-refractivity contribution < 1.29 is 5.11 Å². The van der Waals surface area contributed by atoms with Crippen molar-refractivity contribution in [2.75, 3.05) is 0 Å². The Labute approximate surface area is 82.0 Å². The van der Waals surface area contributed by atoms with Crippen LogP contribution in [0.5, 0.6) is 0 Å². The van der Waals surface area contributed by atoms with Gasteiger partial charge >= 0.3 is 0 Å². The fourth-order valence-corrected chi connectivity index (χ4v) is 2.04. The van der Waals surface area contributed by atoms with Crippen LogP contribution in [0.1, 0.15) is 18.9 Å². The van der Waals surface area contributed by atoms with Gasteiger partial charge in [-0.2, -0.15) is 5.10 Å². The minimum Gasteiger partial charge on any atom is -0.393 e. The number of hydrogen-bond acceptors (Lipinski definition) is 2. The van der Waals surface area contributed by atoms with Gasteiger partial charge in [-0.3, -0.25) is 4.68 Å². The molecular formula is C11H12N2O. The van der Waals surface area contributed by atoms with Gasteiger partial charge in [-0.05, 0) is 18.9 Å². The zero-order valence-electron chi connectivity index (χ0n) is 7.80. The predicted octanol–water partition coefficient (Wildman–Crippen LogP) is 1.73. The molecule has 1 aromatic carbocycles. The van der Waals surface area contributed by atoms with E-state index in [0.717, 1.165) is 12.8 Å². The lowest BCUT2D eigenvalue weighted by Crippen LogP contribution is -2.31. The fraction of sp³-hybridized carbons (Fsp3) is 0.364. The normalized spacial score (nSPS) is 26.4. The Kier molecular flexibility index (Phi) is 1.61. The van der Waals surface area contributed by atoms with Crippen molar-refractivity contribution in [1.29, 1.82) is 0 Å². The van der Waals surface area contributed by atoms with Gasteiger partial charge in [0.2, 0.25) is 0 Å². The Bertz CT molecular complexity index is 457. The molecule has 3 heteroatoms. The lowest BCUT2D eigenvalue weighted by atomic mass is 9.89. The molecule has 0 saturated heterocycles. The van der Waals surface area contributed by atoms with Gasteiger partial charge in [-0.1, -0.05) is 18.2 Å². The van der Waals surface area contributed by atoms with E-state index in [2.05, 4.69) is 17.2 Å². The zero-order valence-corrected chi connectivity index (χ0v) is 7.80. The van der Waals surface area contributed by atoms with Gasteiger partial charge in [0, 0.05) is 5.39 Å². The Morgan fingerprint density at radius 3 is 2.86 bits per heavy atom. The van der Waals surface area contributed by atoms with E-state index >= 15 is 0 Å². The van der Waals surface area contributed by atoms with Crippen LogP contribution in [0.3, 0.4) is 0 Å². The van der Waals surface area contributed by atoms with Crippen molar-refractivity contribution in [3.8, 4) is 0 Å². The number of fused-ring (bicyclic) bond motifs is 1. The van der Waals surface area contributed by atoms with Gasteiger partial charge < -0.3 is 5.11 Å². The Morgan fingerprint density at radius 1 is 1.29 bits per heavy atom. The Morgan fingerprint density at radius 2 is 2.07 bits per heavy atom.